The largest absolute Gasteiger partial charge is 0.497 e. The van der Waals surface area contributed by atoms with Crippen LogP contribution in [0.3, 0.4) is 0 Å². The molecule has 2 N–H and O–H groups in total. The van der Waals surface area contributed by atoms with Crippen LogP contribution in [-0.2, 0) is 4.74 Å². The van der Waals surface area contributed by atoms with Crippen LogP contribution in [0, 0.1) is 0 Å². The van der Waals surface area contributed by atoms with Gasteiger partial charge in [0.05, 0.1) is 14.2 Å². The highest BCUT2D eigenvalue weighted by Crippen LogP contribution is 2.35. The van der Waals surface area contributed by atoms with E-state index in [0.29, 0.717) is 11.5 Å². The maximum atomic E-state index is 10.9. The summed E-state index contributed by atoms with van der Waals surface area (Å²) in [5.41, 5.74) is 5.32. The van der Waals surface area contributed by atoms with Gasteiger partial charge in [0.15, 0.2) is 0 Å². The van der Waals surface area contributed by atoms with E-state index in [1.54, 1.807) is 20.3 Å². The lowest BCUT2D eigenvalue weighted by Crippen LogP contribution is -2.36. The summed E-state index contributed by atoms with van der Waals surface area (Å²) in [7, 11) is 3.18. The molecule has 1 aromatic rings. The molecule has 0 aliphatic rings. The van der Waals surface area contributed by atoms with E-state index in [1.807, 2.05) is 32.9 Å². The third-order valence-corrected chi connectivity index (χ3v) is 3.28. The zero-order valence-electron chi connectivity index (χ0n) is 12.0. The van der Waals surface area contributed by atoms with Crippen LogP contribution in [0.5, 0.6) is 11.5 Å². The van der Waals surface area contributed by atoms with Crippen molar-refractivity contribution in [2.75, 3.05) is 14.2 Å². The minimum Gasteiger partial charge on any atom is -0.497 e. The van der Waals surface area contributed by atoms with Crippen LogP contribution in [-0.4, -0.2) is 25.9 Å². The SMILES string of the molecule is COc1cc(OC)cc(C(C)C(C)(C)OC(N)=O)c1. The molecule has 106 valence electrons. The van der Waals surface area contributed by atoms with Gasteiger partial charge in [-0.2, -0.15) is 0 Å². The Morgan fingerprint density at radius 2 is 1.63 bits per heavy atom. The summed E-state index contributed by atoms with van der Waals surface area (Å²) in [4.78, 5) is 10.9. The molecule has 0 saturated heterocycles. The number of hydrogen-bond donors (Lipinski definition) is 1. The summed E-state index contributed by atoms with van der Waals surface area (Å²) in [6, 6.07) is 5.57. The smallest absolute Gasteiger partial charge is 0.405 e. The average molecular weight is 267 g/mol. The van der Waals surface area contributed by atoms with Gasteiger partial charge in [0, 0.05) is 12.0 Å². The molecule has 0 saturated carbocycles. The van der Waals surface area contributed by atoms with E-state index >= 15 is 0 Å². The van der Waals surface area contributed by atoms with E-state index in [4.69, 9.17) is 19.9 Å². The Morgan fingerprint density at radius 1 is 1.16 bits per heavy atom. The lowest BCUT2D eigenvalue weighted by atomic mass is 9.86. The van der Waals surface area contributed by atoms with E-state index < -0.39 is 11.7 Å². The average Bonchev–Trinajstić information content (AvgIpc) is 2.35. The number of methoxy groups -OCH3 is 2. The van der Waals surface area contributed by atoms with Gasteiger partial charge in [-0.3, -0.25) is 0 Å². The van der Waals surface area contributed by atoms with Crippen molar-refractivity contribution in [2.24, 2.45) is 5.73 Å². The number of hydrogen-bond acceptors (Lipinski definition) is 4. The van der Waals surface area contributed by atoms with Gasteiger partial charge < -0.3 is 19.9 Å². The third-order valence-electron chi connectivity index (χ3n) is 3.28. The van der Waals surface area contributed by atoms with Crippen molar-refractivity contribution in [3.63, 3.8) is 0 Å². The molecule has 0 radical (unpaired) electrons. The van der Waals surface area contributed by atoms with Crippen molar-refractivity contribution < 1.29 is 19.0 Å². The monoisotopic (exact) mass is 267 g/mol. The first-order chi connectivity index (χ1) is 8.80. The van der Waals surface area contributed by atoms with Gasteiger partial charge >= 0.3 is 6.09 Å². The fraction of sp³-hybridized carbons (Fsp3) is 0.500. The summed E-state index contributed by atoms with van der Waals surface area (Å²) in [5.74, 6) is 1.32. The molecule has 5 nitrogen and oxygen atoms in total. The number of primary amides is 1. The molecule has 0 aliphatic carbocycles. The standard InChI is InChI=1S/C14H21NO4/c1-9(14(2,3)19-13(15)16)10-6-11(17-4)8-12(7-10)18-5/h6-9H,1-5H3,(H2,15,16). The minimum absolute atomic E-state index is 0.0657. The molecule has 19 heavy (non-hydrogen) atoms. The fourth-order valence-corrected chi connectivity index (χ4v) is 1.83. The van der Waals surface area contributed by atoms with E-state index in [-0.39, 0.29) is 5.92 Å². The highest BCUT2D eigenvalue weighted by atomic mass is 16.6. The summed E-state index contributed by atoms with van der Waals surface area (Å²) in [5, 5.41) is 0. The Kier molecular flexibility index (Phi) is 4.64. The predicted octanol–water partition coefficient (Wildman–Crippen LogP) is 2.68. The number of carbonyl (C=O) groups is 1. The van der Waals surface area contributed by atoms with Crippen LogP contribution in [0.4, 0.5) is 4.79 Å². The number of benzene rings is 1. The van der Waals surface area contributed by atoms with Gasteiger partial charge in [0.1, 0.15) is 17.1 Å². The maximum absolute atomic E-state index is 10.9. The molecular weight excluding hydrogens is 246 g/mol. The van der Waals surface area contributed by atoms with Crippen molar-refractivity contribution in [3.05, 3.63) is 23.8 Å². The van der Waals surface area contributed by atoms with Crippen LogP contribution >= 0.6 is 0 Å². The molecule has 5 heteroatoms. The predicted molar refractivity (Wildman–Crippen MR) is 72.7 cm³/mol. The molecule has 0 spiro atoms. The molecule has 0 heterocycles. The van der Waals surface area contributed by atoms with Crippen LogP contribution < -0.4 is 15.2 Å². The lowest BCUT2D eigenvalue weighted by Gasteiger charge is -2.31. The highest BCUT2D eigenvalue weighted by Gasteiger charge is 2.31. The van der Waals surface area contributed by atoms with Crippen LogP contribution in [0.2, 0.25) is 0 Å². The van der Waals surface area contributed by atoms with Crippen molar-refractivity contribution in [1.82, 2.24) is 0 Å². The number of carbonyl (C=O) groups excluding carboxylic acids is 1. The Hall–Kier alpha value is -1.91. The summed E-state index contributed by atoms with van der Waals surface area (Å²) >= 11 is 0. The molecule has 1 rings (SSSR count). The van der Waals surface area contributed by atoms with Gasteiger partial charge in [-0.25, -0.2) is 4.79 Å². The van der Waals surface area contributed by atoms with E-state index in [9.17, 15) is 4.79 Å². The van der Waals surface area contributed by atoms with Crippen molar-refractivity contribution in [1.29, 1.82) is 0 Å². The number of nitrogens with two attached hydrogens (primary N) is 1. The normalized spacial score (nSPS) is 12.7. The van der Waals surface area contributed by atoms with E-state index in [2.05, 4.69) is 0 Å². The molecule has 1 amide bonds. The van der Waals surface area contributed by atoms with Crippen LogP contribution in [0.15, 0.2) is 18.2 Å². The first-order valence-electron chi connectivity index (χ1n) is 6.01. The first-order valence-corrected chi connectivity index (χ1v) is 6.01. The molecular formula is C14H21NO4. The summed E-state index contributed by atoms with van der Waals surface area (Å²) in [6.07, 6.45) is -0.785. The first kappa shape index (κ1) is 15.1. The third kappa shape index (κ3) is 3.77. The number of ether oxygens (including phenoxy) is 3. The highest BCUT2D eigenvalue weighted by molar-refractivity contribution is 5.65. The zero-order valence-corrected chi connectivity index (χ0v) is 12.0. The van der Waals surface area contributed by atoms with Crippen LogP contribution in [0.25, 0.3) is 0 Å². The maximum Gasteiger partial charge on any atom is 0.405 e. The lowest BCUT2D eigenvalue weighted by molar-refractivity contribution is 0.0281. The van der Waals surface area contributed by atoms with Gasteiger partial charge in [0.2, 0.25) is 0 Å². The number of amides is 1. The Labute approximate surface area is 113 Å². The van der Waals surface area contributed by atoms with Crippen molar-refractivity contribution in [3.8, 4) is 11.5 Å². The Balaban J connectivity index is 3.10. The second-order valence-corrected chi connectivity index (χ2v) is 4.89. The Morgan fingerprint density at radius 3 is 2.00 bits per heavy atom. The summed E-state index contributed by atoms with van der Waals surface area (Å²) in [6.45, 7) is 5.58. The second-order valence-electron chi connectivity index (χ2n) is 4.89. The van der Waals surface area contributed by atoms with E-state index in [1.165, 1.54) is 0 Å². The molecule has 0 bridgehead atoms. The van der Waals surface area contributed by atoms with Gasteiger partial charge in [-0.15, -0.1) is 0 Å². The van der Waals surface area contributed by atoms with Gasteiger partial charge in [-0.05, 0) is 31.5 Å². The molecule has 1 aromatic carbocycles. The fourth-order valence-electron chi connectivity index (χ4n) is 1.83. The van der Waals surface area contributed by atoms with Crippen molar-refractivity contribution in [2.45, 2.75) is 32.3 Å². The van der Waals surface area contributed by atoms with Crippen LogP contribution in [0.1, 0.15) is 32.3 Å². The molecule has 0 aromatic heterocycles. The quantitative estimate of drug-likeness (QED) is 0.890. The zero-order chi connectivity index (χ0) is 14.6. The summed E-state index contributed by atoms with van der Waals surface area (Å²) < 4.78 is 15.6. The van der Waals surface area contributed by atoms with Gasteiger partial charge in [0.25, 0.3) is 0 Å². The number of rotatable bonds is 5. The Bertz CT molecular complexity index is 435. The van der Waals surface area contributed by atoms with E-state index in [0.717, 1.165) is 5.56 Å². The second kappa shape index (κ2) is 5.82. The molecule has 1 atom stereocenters. The van der Waals surface area contributed by atoms with Gasteiger partial charge in [-0.1, -0.05) is 6.92 Å². The molecule has 0 fully saturated rings. The molecule has 1 unspecified atom stereocenters. The minimum atomic E-state index is -0.785. The van der Waals surface area contributed by atoms with Crippen molar-refractivity contribution >= 4 is 6.09 Å². The molecule has 0 aliphatic heterocycles. The topological polar surface area (TPSA) is 70.8 Å².